The standard InChI is InChI=1S/C12H25.C4H6O7S.C2H4O.Na/c1-3-5-7-9-11-12-10-8-6-4-2;5-3(6)1-2(4(7)8)12(9,10)11;1-2-3-1;/h1,3-12H2,2H3;2H,1H2,(H,5,6)(H,7,8)(H,9,10,11);1-2H2;/q-1;;;+1. The fourth-order valence-electron chi connectivity index (χ4n) is 1.97. The molecule has 0 amide bonds. The van der Waals surface area contributed by atoms with E-state index in [9.17, 15) is 18.0 Å². The summed E-state index contributed by atoms with van der Waals surface area (Å²) in [4.78, 5) is 20.0. The van der Waals surface area contributed by atoms with Crippen LogP contribution >= 0.6 is 0 Å². The van der Waals surface area contributed by atoms with Crippen LogP contribution in [0.25, 0.3) is 0 Å². The minimum Gasteiger partial charge on any atom is -0.481 e. The third-order valence-corrected chi connectivity index (χ3v) is 4.64. The van der Waals surface area contributed by atoms with Gasteiger partial charge in [0.05, 0.1) is 19.6 Å². The Labute approximate surface area is 191 Å². The molecule has 1 unspecified atom stereocenters. The van der Waals surface area contributed by atoms with E-state index < -0.39 is 33.7 Å². The molecule has 28 heavy (non-hydrogen) atoms. The van der Waals surface area contributed by atoms with Gasteiger partial charge in [-0.05, 0) is 0 Å². The first kappa shape index (κ1) is 32.5. The Bertz CT molecular complexity index is 467. The average Bonchev–Trinajstić information content (AvgIpc) is 3.43. The van der Waals surface area contributed by atoms with Crippen molar-refractivity contribution < 1.29 is 67.1 Å². The summed E-state index contributed by atoms with van der Waals surface area (Å²) < 4.78 is 33.2. The van der Waals surface area contributed by atoms with Gasteiger partial charge in [0.1, 0.15) is 0 Å². The molecule has 3 N–H and O–H groups in total. The molecule has 0 aromatic heterocycles. The number of rotatable bonds is 13. The maximum atomic E-state index is 10.2. The first-order valence-corrected chi connectivity index (χ1v) is 10.9. The molecule has 0 spiro atoms. The van der Waals surface area contributed by atoms with E-state index >= 15 is 0 Å². The van der Waals surface area contributed by atoms with Crippen LogP contribution in [0.1, 0.15) is 77.6 Å². The minimum atomic E-state index is -4.84. The summed E-state index contributed by atoms with van der Waals surface area (Å²) in [5.74, 6) is -3.50. The number of ether oxygens (including phenoxy) is 1. The molecule has 162 valence electrons. The van der Waals surface area contributed by atoms with Gasteiger partial charge in [0, 0.05) is 0 Å². The SMILES string of the molecule is C1CO1.O=C(O)CC(C(=O)O)S(=O)(=O)O.[CH2-]CCCCCCCCCCC.[Na+]. The molecular formula is C18H35NaO8S. The van der Waals surface area contributed by atoms with Crippen molar-refractivity contribution in [1.29, 1.82) is 0 Å². The summed E-state index contributed by atoms with van der Waals surface area (Å²) >= 11 is 0. The van der Waals surface area contributed by atoms with Gasteiger partial charge in [-0.1, -0.05) is 64.7 Å². The quantitative estimate of drug-likeness (QED) is 0.126. The zero-order valence-corrected chi connectivity index (χ0v) is 20.1. The van der Waals surface area contributed by atoms with Crippen LogP contribution in [0.5, 0.6) is 0 Å². The predicted octanol–water partition coefficient (Wildman–Crippen LogP) is 0.564. The van der Waals surface area contributed by atoms with Crippen molar-refractivity contribution in [2.75, 3.05) is 13.2 Å². The molecule has 0 bridgehead atoms. The number of carboxylic acid groups (broad SMARTS) is 2. The van der Waals surface area contributed by atoms with Gasteiger partial charge in [-0.3, -0.25) is 14.1 Å². The summed E-state index contributed by atoms with van der Waals surface area (Å²) in [6.07, 6.45) is 12.7. The van der Waals surface area contributed by atoms with Crippen LogP contribution in [0.4, 0.5) is 0 Å². The summed E-state index contributed by atoms with van der Waals surface area (Å²) in [6.45, 7) is 8.12. The first-order chi connectivity index (χ1) is 12.7. The molecule has 0 saturated carbocycles. The van der Waals surface area contributed by atoms with E-state index in [0.717, 1.165) is 19.6 Å². The molecule has 1 aliphatic heterocycles. The minimum absolute atomic E-state index is 0. The van der Waals surface area contributed by atoms with Crippen LogP contribution in [0.3, 0.4) is 0 Å². The molecule has 0 aromatic carbocycles. The fraction of sp³-hybridized carbons (Fsp3) is 0.833. The third-order valence-electron chi connectivity index (χ3n) is 3.55. The summed E-state index contributed by atoms with van der Waals surface area (Å²) in [5.41, 5.74) is 0. The number of hydrogen-bond donors (Lipinski definition) is 3. The number of carbonyl (C=O) groups is 2. The van der Waals surface area contributed by atoms with Crippen LogP contribution in [0.2, 0.25) is 0 Å². The maximum Gasteiger partial charge on any atom is 1.00 e. The molecule has 1 aliphatic rings. The summed E-state index contributed by atoms with van der Waals surface area (Å²) in [7, 11) is -4.84. The molecule has 0 aliphatic carbocycles. The fourth-order valence-corrected chi connectivity index (χ4v) is 2.57. The Hall–Kier alpha value is -0.190. The van der Waals surface area contributed by atoms with E-state index in [1.807, 2.05) is 0 Å². The molecule has 0 aromatic rings. The van der Waals surface area contributed by atoms with Crippen molar-refractivity contribution in [1.82, 2.24) is 0 Å². The van der Waals surface area contributed by atoms with E-state index in [-0.39, 0.29) is 29.6 Å². The van der Waals surface area contributed by atoms with E-state index in [0.29, 0.717) is 0 Å². The monoisotopic (exact) mass is 434 g/mol. The van der Waals surface area contributed by atoms with Gasteiger partial charge in [0.25, 0.3) is 10.1 Å². The molecule has 1 fully saturated rings. The van der Waals surface area contributed by atoms with Gasteiger partial charge >= 0.3 is 41.5 Å². The van der Waals surface area contributed by atoms with Crippen LogP contribution in [0.15, 0.2) is 0 Å². The van der Waals surface area contributed by atoms with Crippen LogP contribution < -0.4 is 29.6 Å². The zero-order valence-electron chi connectivity index (χ0n) is 17.3. The van der Waals surface area contributed by atoms with Gasteiger partial charge in [-0.25, -0.2) is 0 Å². The van der Waals surface area contributed by atoms with Crippen molar-refractivity contribution in [2.24, 2.45) is 0 Å². The number of carboxylic acids is 2. The first-order valence-electron chi connectivity index (χ1n) is 9.44. The third kappa shape index (κ3) is 28.0. The number of hydrogen-bond acceptors (Lipinski definition) is 5. The topological polar surface area (TPSA) is 142 Å². The van der Waals surface area contributed by atoms with E-state index in [1.165, 1.54) is 57.8 Å². The number of epoxide rings is 1. The second kappa shape index (κ2) is 21.5. The Morgan fingerprint density at radius 2 is 1.36 bits per heavy atom. The summed E-state index contributed by atoms with van der Waals surface area (Å²) in [5, 5.41) is 13.9. The van der Waals surface area contributed by atoms with Crippen molar-refractivity contribution in [3.8, 4) is 0 Å². The van der Waals surface area contributed by atoms with Crippen LogP contribution in [-0.2, 0) is 24.4 Å². The molecule has 1 rings (SSSR count). The Kier molecular flexibility index (Phi) is 25.0. The van der Waals surface area contributed by atoms with Crippen LogP contribution in [-0.4, -0.2) is 53.6 Å². The van der Waals surface area contributed by atoms with Gasteiger partial charge in [-0.15, -0.1) is 0 Å². The molecule has 1 heterocycles. The number of aliphatic carboxylic acids is 2. The Balaban J connectivity index is -0.000000374. The Morgan fingerprint density at radius 1 is 0.964 bits per heavy atom. The zero-order chi connectivity index (χ0) is 21.1. The van der Waals surface area contributed by atoms with Crippen molar-refractivity contribution in [2.45, 2.75) is 82.8 Å². The second-order valence-electron chi connectivity index (χ2n) is 6.23. The van der Waals surface area contributed by atoms with Crippen molar-refractivity contribution in [3.05, 3.63) is 6.92 Å². The van der Waals surface area contributed by atoms with Gasteiger partial charge in [0.2, 0.25) is 0 Å². The van der Waals surface area contributed by atoms with E-state index in [1.54, 1.807) is 0 Å². The van der Waals surface area contributed by atoms with Crippen molar-refractivity contribution >= 4 is 22.1 Å². The molecule has 10 heteroatoms. The van der Waals surface area contributed by atoms with Crippen LogP contribution in [0, 0.1) is 6.92 Å². The number of unbranched alkanes of at least 4 members (excludes halogenated alkanes) is 9. The van der Waals surface area contributed by atoms with Gasteiger partial charge in [-0.2, -0.15) is 14.8 Å². The van der Waals surface area contributed by atoms with E-state index in [4.69, 9.17) is 14.8 Å². The van der Waals surface area contributed by atoms with E-state index in [2.05, 4.69) is 18.6 Å². The normalized spacial score (nSPS) is 13.0. The van der Waals surface area contributed by atoms with Gasteiger partial charge in [0.15, 0.2) is 5.25 Å². The molecule has 1 atom stereocenters. The molecule has 1 saturated heterocycles. The summed E-state index contributed by atoms with van der Waals surface area (Å²) in [6, 6.07) is 0. The Morgan fingerprint density at radius 3 is 1.57 bits per heavy atom. The molecule has 0 radical (unpaired) electrons. The van der Waals surface area contributed by atoms with Crippen molar-refractivity contribution in [3.63, 3.8) is 0 Å². The molecular weight excluding hydrogens is 399 g/mol. The predicted molar refractivity (Wildman–Crippen MR) is 103 cm³/mol. The van der Waals surface area contributed by atoms with Gasteiger partial charge < -0.3 is 21.9 Å². The second-order valence-corrected chi connectivity index (χ2v) is 7.83. The largest absolute Gasteiger partial charge is 1.00 e. The maximum absolute atomic E-state index is 10.2. The average molecular weight is 435 g/mol. The molecule has 8 nitrogen and oxygen atoms in total. The smallest absolute Gasteiger partial charge is 0.481 e.